The van der Waals surface area contributed by atoms with Crippen LogP contribution in [0.1, 0.15) is 40.4 Å². The summed E-state index contributed by atoms with van der Waals surface area (Å²) in [5.74, 6) is 0.745. The van der Waals surface area contributed by atoms with Crippen molar-refractivity contribution in [2.24, 2.45) is 13.0 Å². The Kier molecular flexibility index (Phi) is 4.86. The van der Waals surface area contributed by atoms with Gasteiger partial charge in [0.15, 0.2) is 5.69 Å². The highest BCUT2D eigenvalue weighted by Gasteiger charge is 2.47. The van der Waals surface area contributed by atoms with Crippen LogP contribution in [0.5, 0.6) is 11.5 Å². The van der Waals surface area contributed by atoms with Gasteiger partial charge in [0.25, 0.3) is 5.91 Å². The number of hydrogen-bond donors (Lipinski definition) is 0. The fourth-order valence-electron chi connectivity index (χ4n) is 5.34. The van der Waals surface area contributed by atoms with Crippen LogP contribution in [-0.2, 0) is 18.4 Å². The first-order chi connectivity index (χ1) is 19.0. The first kappa shape index (κ1) is 20.5. The number of methoxy groups -OCH3 is 2. The minimum absolute atomic E-state index is 0.127. The van der Waals surface area contributed by atoms with Crippen LogP contribution in [0, 0.1) is 5.92 Å². The van der Waals surface area contributed by atoms with Gasteiger partial charge in [-0.25, -0.2) is 4.68 Å². The Hall–Kier alpha value is -3.56. The van der Waals surface area contributed by atoms with E-state index in [1.165, 1.54) is 16.2 Å². The molecular formula is C28H30N4O4S. The number of ether oxygens (including phenoxy) is 3. The highest BCUT2D eigenvalue weighted by Crippen LogP contribution is 2.47. The van der Waals surface area contributed by atoms with Gasteiger partial charge in [-0.3, -0.25) is 4.79 Å². The molecule has 0 bridgehead atoms. The average molecular weight is 522 g/mol. The number of carbonyl (C=O) groups is 1. The SMILES string of the molecule is [2H]C([2H])([2H])OC1(C)C(C)CCN1C(=O)c1nn(-c2ccsc2)c2c1COc1cc(OC)c(-c3ccn(C)c3)cc1-2. The largest absolute Gasteiger partial charge is 0.496 e. The molecule has 8 nitrogen and oxygen atoms in total. The number of rotatable bonds is 5. The van der Waals surface area contributed by atoms with Gasteiger partial charge in [-0.2, -0.15) is 16.4 Å². The molecule has 2 aliphatic rings. The summed E-state index contributed by atoms with van der Waals surface area (Å²) >= 11 is 1.53. The zero-order valence-corrected chi connectivity index (χ0v) is 22.0. The lowest BCUT2D eigenvalue weighted by Crippen LogP contribution is -2.49. The number of aromatic nitrogens is 3. The number of amides is 1. The third-order valence-corrected chi connectivity index (χ3v) is 8.37. The topological polar surface area (TPSA) is 70.8 Å². The predicted molar refractivity (Wildman–Crippen MR) is 142 cm³/mol. The van der Waals surface area contributed by atoms with Crippen LogP contribution >= 0.6 is 11.3 Å². The monoisotopic (exact) mass is 521 g/mol. The molecule has 2 aliphatic heterocycles. The van der Waals surface area contributed by atoms with Crippen LogP contribution in [0.3, 0.4) is 0 Å². The van der Waals surface area contributed by atoms with E-state index in [2.05, 4.69) is 0 Å². The molecule has 0 radical (unpaired) electrons. The van der Waals surface area contributed by atoms with E-state index < -0.39 is 12.8 Å². The Balaban J connectivity index is 1.52. The van der Waals surface area contributed by atoms with Crippen LogP contribution in [0.15, 0.2) is 47.4 Å². The van der Waals surface area contributed by atoms with E-state index in [0.717, 1.165) is 28.1 Å². The van der Waals surface area contributed by atoms with Gasteiger partial charge in [-0.1, -0.05) is 6.92 Å². The van der Waals surface area contributed by atoms with E-state index in [0.29, 0.717) is 30.0 Å². The van der Waals surface area contributed by atoms with Crippen LogP contribution < -0.4 is 9.47 Å². The summed E-state index contributed by atoms with van der Waals surface area (Å²) in [7, 11) is 0.933. The Morgan fingerprint density at radius 1 is 1.32 bits per heavy atom. The molecule has 1 saturated heterocycles. The molecule has 6 rings (SSSR count). The van der Waals surface area contributed by atoms with Crippen molar-refractivity contribution >= 4 is 17.2 Å². The molecule has 5 heterocycles. The lowest BCUT2D eigenvalue weighted by molar-refractivity contribution is -0.104. The third kappa shape index (κ3) is 3.59. The van der Waals surface area contributed by atoms with Crippen molar-refractivity contribution < 1.29 is 23.1 Å². The summed E-state index contributed by atoms with van der Waals surface area (Å²) in [6.45, 7) is 4.05. The van der Waals surface area contributed by atoms with Crippen molar-refractivity contribution in [1.82, 2.24) is 19.2 Å². The van der Waals surface area contributed by atoms with E-state index in [4.69, 9.17) is 23.4 Å². The molecule has 0 aliphatic carbocycles. The van der Waals surface area contributed by atoms with Crippen LogP contribution in [0.2, 0.25) is 0 Å². The molecule has 192 valence electrons. The Morgan fingerprint density at radius 2 is 2.19 bits per heavy atom. The molecular weight excluding hydrogens is 488 g/mol. The summed E-state index contributed by atoms with van der Waals surface area (Å²) < 4.78 is 44.4. The maximum atomic E-state index is 14.2. The summed E-state index contributed by atoms with van der Waals surface area (Å²) in [5, 5.41) is 8.76. The quantitative estimate of drug-likeness (QED) is 0.354. The number of fused-ring (bicyclic) bond motifs is 3. The van der Waals surface area contributed by atoms with E-state index in [-0.39, 0.29) is 24.1 Å². The van der Waals surface area contributed by atoms with Gasteiger partial charge < -0.3 is 23.7 Å². The Labute approximate surface area is 224 Å². The lowest BCUT2D eigenvalue weighted by atomic mass is 9.96. The van der Waals surface area contributed by atoms with Gasteiger partial charge in [-0.15, -0.1) is 0 Å². The molecule has 0 spiro atoms. The molecule has 1 fully saturated rings. The number of aryl methyl sites for hydroxylation is 1. The van der Waals surface area contributed by atoms with Crippen LogP contribution in [0.4, 0.5) is 0 Å². The van der Waals surface area contributed by atoms with Crippen LogP contribution in [-0.4, -0.2) is 51.6 Å². The third-order valence-electron chi connectivity index (χ3n) is 7.70. The Morgan fingerprint density at radius 3 is 2.89 bits per heavy atom. The molecule has 3 aromatic heterocycles. The first-order valence-electron chi connectivity index (χ1n) is 13.6. The molecule has 37 heavy (non-hydrogen) atoms. The van der Waals surface area contributed by atoms with Crippen molar-refractivity contribution in [2.75, 3.05) is 20.7 Å². The van der Waals surface area contributed by atoms with Crippen molar-refractivity contribution in [3.05, 3.63) is 58.7 Å². The van der Waals surface area contributed by atoms with E-state index in [1.54, 1.807) is 18.7 Å². The van der Waals surface area contributed by atoms with Crippen molar-refractivity contribution in [3.8, 4) is 39.6 Å². The fraction of sp³-hybridized carbons (Fsp3) is 0.357. The smallest absolute Gasteiger partial charge is 0.277 e. The second kappa shape index (κ2) is 8.78. The van der Waals surface area contributed by atoms with Gasteiger partial charge in [-0.05, 0) is 36.9 Å². The minimum atomic E-state index is -2.66. The minimum Gasteiger partial charge on any atom is -0.496 e. The molecule has 9 heteroatoms. The van der Waals surface area contributed by atoms with Crippen molar-refractivity contribution in [2.45, 2.75) is 32.6 Å². The van der Waals surface area contributed by atoms with E-state index >= 15 is 0 Å². The van der Waals surface area contributed by atoms with Gasteiger partial charge in [0.1, 0.15) is 23.8 Å². The van der Waals surface area contributed by atoms with Crippen molar-refractivity contribution in [1.29, 1.82) is 0 Å². The van der Waals surface area contributed by atoms with Crippen molar-refractivity contribution in [3.63, 3.8) is 0 Å². The maximum Gasteiger partial charge on any atom is 0.277 e. The number of likely N-dealkylation sites (tertiary alicyclic amines) is 1. The number of carbonyl (C=O) groups excluding carboxylic acids is 1. The van der Waals surface area contributed by atoms with Crippen LogP contribution in [0.25, 0.3) is 28.1 Å². The predicted octanol–water partition coefficient (Wildman–Crippen LogP) is 5.35. The molecule has 2 unspecified atom stereocenters. The number of benzene rings is 1. The first-order valence-corrected chi connectivity index (χ1v) is 13.1. The second-order valence-electron chi connectivity index (χ2n) is 9.78. The number of hydrogen-bond acceptors (Lipinski definition) is 6. The molecule has 1 amide bonds. The number of thiophene rings is 1. The average Bonchev–Trinajstić information content (AvgIpc) is 3.69. The highest BCUT2D eigenvalue weighted by molar-refractivity contribution is 7.08. The van der Waals surface area contributed by atoms with Gasteiger partial charge in [0.2, 0.25) is 0 Å². The van der Waals surface area contributed by atoms with Gasteiger partial charge in [0.05, 0.1) is 22.6 Å². The van der Waals surface area contributed by atoms with E-state index in [9.17, 15) is 4.79 Å². The number of nitrogens with zero attached hydrogens (tertiary/aromatic N) is 4. The zero-order valence-electron chi connectivity index (χ0n) is 24.1. The molecule has 1 aromatic carbocycles. The lowest BCUT2D eigenvalue weighted by Gasteiger charge is -2.36. The van der Waals surface area contributed by atoms with Gasteiger partial charge in [0, 0.05) is 72.6 Å². The summed E-state index contributed by atoms with van der Waals surface area (Å²) in [5.41, 5.74) is 3.79. The summed E-state index contributed by atoms with van der Waals surface area (Å²) in [6, 6.07) is 7.85. The summed E-state index contributed by atoms with van der Waals surface area (Å²) in [6.07, 6.45) is 4.60. The molecule has 0 N–H and O–H groups in total. The van der Waals surface area contributed by atoms with Gasteiger partial charge >= 0.3 is 0 Å². The Bertz CT molecular complexity index is 1590. The fourth-order valence-corrected chi connectivity index (χ4v) is 5.95. The molecule has 0 saturated carbocycles. The zero-order chi connectivity index (χ0) is 28.4. The highest BCUT2D eigenvalue weighted by atomic mass is 32.1. The molecule has 2 atom stereocenters. The molecule has 4 aromatic rings. The van der Waals surface area contributed by atoms with E-state index in [1.807, 2.05) is 66.0 Å². The maximum absolute atomic E-state index is 14.2. The standard InChI is InChI=1S/C28H30N4O4S/c1-17-6-10-31(28(17,2)35-5)27(33)25-22-15-36-24-13-23(34-4)20(18-7-9-30(3)14-18)12-21(24)26(22)32(29-25)19-8-11-37-16-19/h7-9,11-14,16-17H,6,10,15H2,1-5H3/i5D3. The normalized spacial score (nSPS) is 22.0. The second-order valence-corrected chi connectivity index (χ2v) is 10.6. The summed E-state index contributed by atoms with van der Waals surface area (Å²) in [4.78, 5) is 15.7.